The van der Waals surface area contributed by atoms with Crippen molar-refractivity contribution >= 4 is 5.97 Å². The number of aliphatic hydroxyl groups excluding tert-OH is 1. The van der Waals surface area contributed by atoms with Crippen LogP contribution >= 0.6 is 0 Å². The van der Waals surface area contributed by atoms with E-state index in [1.165, 1.54) is 51.4 Å². The molecular weight excluding hydrogens is 319 g/mol. The molecule has 1 heterocycles. The molecule has 0 radical (unpaired) electrons. The molecule has 2 unspecified atom stereocenters. The fraction of sp³-hybridized carbons (Fsp3) is 0.944. The van der Waals surface area contributed by atoms with Crippen molar-refractivity contribution in [1.82, 2.24) is 0 Å². The van der Waals surface area contributed by atoms with E-state index in [-0.39, 0.29) is 52.8 Å². The van der Waals surface area contributed by atoms with Gasteiger partial charge in [-0.1, -0.05) is 57.8 Å². The van der Waals surface area contributed by atoms with Crippen molar-refractivity contribution in [1.29, 1.82) is 0 Å². The summed E-state index contributed by atoms with van der Waals surface area (Å²) < 4.78 is 5.71. The van der Waals surface area contributed by atoms with Gasteiger partial charge in [0.25, 0.3) is 0 Å². The van der Waals surface area contributed by atoms with Crippen molar-refractivity contribution in [2.75, 3.05) is 6.61 Å². The minimum Gasteiger partial charge on any atom is -1.00 e. The molecule has 1 rings (SSSR count). The van der Waals surface area contributed by atoms with E-state index in [2.05, 4.69) is 0 Å². The third kappa shape index (κ3) is 15.0. The smallest absolute Gasteiger partial charge is 1.00 e. The topological polar surface area (TPSA) is 70.1 Å². The fourth-order valence-electron chi connectivity index (χ4n) is 3.00. The van der Waals surface area contributed by atoms with Crippen LogP contribution in [0, 0.1) is 0 Å². The SMILES string of the molecule is O=C(O)CCCCCCCC1OC1CCCCCCCCO.[H-].[K+]. The first-order valence-corrected chi connectivity index (χ1v) is 9.22. The first-order chi connectivity index (χ1) is 10.7. The van der Waals surface area contributed by atoms with Crippen molar-refractivity contribution in [3.8, 4) is 0 Å². The molecule has 0 aliphatic carbocycles. The second-order valence-corrected chi connectivity index (χ2v) is 6.55. The van der Waals surface area contributed by atoms with Crippen LogP contribution in [0.1, 0.15) is 91.3 Å². The van der Waals surface area contributed by atoms with Gasteiger partial charge in [-0.05, 0) is 25.7 Å². The quantitative estimate of drug-likeness (QED) is 0.250. The van der Waals surface area contributed by atoms with Crippen LogP contribution in [0.3, 0.4) is 0 Å². The second-order valence-electron chi connectivity index (χ2n) is 6.55. The molecule has 132 valence electrons. The minimum atomic E-state index is -0.678. The standard InChI is InChI=1S/C18H34O4.K.H/c19-15-11-7-2-1-4-8-12-16-17(22-16)13-9-5-3-6-10-14-18(20)21;;/h16-17,19H,1-15H2,(H,20,21);;/q;+1;-1. The van der Waals surface area contributed by atoms with Crippen molar-refractivity contribution in [3.63, 3.8) is 0 Å². The molecule has 4 nitrogen and oxygen atoms in total. The first kappa shape index (κ1) is 24.0. The molecule has 1 saturated heterocycles. The number of aliphatic carboxylic acids is 1. The Bertz CT molecular complexity index is 292. The average Bonchev–Trinajstić information content (AvgIpc) is 3.23. The number of aliphatic hydroxyl groups is 1. The number of hydrogen-bond donors (Lipinski definition) is 2. The molecule has 2 N–H and O–H groups in total. The summed E-state index contributed by atoms with van der Waals surface area (Å²) in [7, 11) is 0. The number of epoxide rings is 1. The van der Waals surface area contributed by atoms with Crippen LogP contribution in [0.5, 0.6) is 0 Å². The molecule has 5 heteroatoms. The average molecular weight is 355 g/mol. The Morgan fingerprint density at radius 3 is 1.70 bits per heavy atom. The van der Waals surface area contributed by atoms with Crippen LogP contribution < -0.4 is 51.4 Å². The molecule has 1 aliphatic rings. The molecule has 1 fully saturated rings. The zero-order chi connectivity index (χ0) is 16.0. The number of unbranched alkanes of at least 4 members (excludes halogenated alkanes) is 9. The summed E-state index contributed by atoms with van der Waals surface area (Å²) in [5.74, 6) is -0.678. The van der Waals surface area contributed by atoms with Gasteiger partial charge in [-0.2, -0.15) is 0 Å². The van der Waals surface area contributed by atoms with Crippen LogP contribution in [0.4, 0.5) is 0 Å². The van der Waals surface area contributed by atoms with Gasteiger partial charge in [0.15, 0.2) is 0 Å². The molecule has 1 aliphatic heterocycles. The Morgan fingerprint density at radius 1 is 0.783 bits per heavy atom. The Morgan fingerprint density at radius 2 is 1.22 bits per heavy atom. The van der Waals surface area contributed by atoms with Crippen molar-refractivity contribution in [2.24, 2.45) is 0 Å². The monoisotopic (exact) mass is 354 g/mol. The largest absolute Gasteiger partial charge is 1.00 e. The molecular formula is C18H35KO4. The van der Waals surface area contributed by atoms with Gasteiger partial charge >= 0.3 is 57.4 Å². The second kappa shape index (κ2) is 16.5. The van der Waals surface area contributed by atoms with E-state index in [0.717, 1.165) is 32.1 Å². The number of rotatable bonds is 16. The zero-order valence-electron chi connectivity index (χ0n) is 16.0. The maximum Gasteiger partial charge on any atom is 1.00 e. The van der Waals surface area contributed by atoms with E-state index >= 15 is 0 Å². The Labute approximate surface area is 185 Å². The number of hydrogen-bond acceptors (Lipinski definition) is 3. The van der Waals surface area contributed by atoms with Crippen LogP contribution in [0.25, 0.3) is 0 Å². The van der Waals surface area contributed by atoms with Gasteiger partial charge in [0.2, 0.25) is 0 Å². The number of carboxylic acids is 1. The number of ether oxygens (including phenoxy) is 1. The van der Waals surface area contributed by atoms with Gasteiger partial charge < -0.3 is 16.4 Å². The normalized spacial score (nSPS) is 19.3. The van der Waals surface area contributed by atoms with E-state index in [0.29, 0.717) is 25.2 Å². The third-order valence-electron chi connectivity index (χ3n) is 4.46. The van der Waals surface area contributed by atoms with Gasteiger partial charge in [0, 0.05) is 13.0 Å². The molecule has 0 amide bonds. The molecule has 2 atom stereocenters. The maximum atomic E-state index is 10.4. The Hall–Kier alpha value is 1.03. The van der Waals surface area contributed by atoms with Crippen molar-refractivity contribution < 1.29 is 72.6 Å². The Balaban J connectivity index is 0. The molecule has 0 aromatic heterocycles. The number of carboxylic acid groups (broad SMARTS) is 1. The molecule has 0 spiro atoms. The molecule has 0 bridgehead atoms. The summed E-state index contributed by atoms with van der Waals surface area (Å²) in [6, 6.07) is 0. The van der Waals surface area contributed by atoms with Crippen LogP contribution in [0.2, 0.25) is 0 Å². The summed E-state index contributed by atoms with van der Waals surface area (Å²) in [5.41, 5.74) is 0. The van der Waals surface area contributed by atoms with Crippen molar-refractivity contribution in [2.45, 2.75) is 102 Å². The van der Waals surface area contributed by atoms with Crippen LogP contribution in [-0.2, 0) is 9.53 Å². The first-order valence-electron chi connectivity index (χ1n) is 9.22. The van der Waals surface area contributed by atoms with Gasteiger partial charge in [-0.25, -0.2) is 0 Å². The summed E-state index contributed by atoms with van der Waals surface area (Å²) >= 11 is 0. The fourth-order valence-corrected chi connectivity index (χ4v) is 3.00. The van der Waals surface area contributed by atoms with Gasteiger partial charge in [-0.15, -0.1) is 0 Å². The van der Waals surface area contributed by atoms with Gasteiger partial charge in [0.1, 0.15) is 0 Å². The van der Waals surface area contributed by atoms with Crippen LogP contribution in [0.15, 0.2) is 0 Å². The van der Waals surface area contributed by atoms with E-state index in [4.69, 9.17) is 14.9 Å². The molecule has 0 aromatic carbocycles. The van der Waals surface area contributed by atoms with Crippen LogP contribution in [-0.4, -0.2) is 35.0 Å². The zero-order valence-corrected chi connectivity index (χ0v) is 18.1. The van der Waals surface area contributed by atoms with E-state index in [1.807, 2.05) is 0 Å². The maximum absolute atomic E-state index is 10.4. The molecule has 23 heavy (non-hydrogen) atoms. The summed E-state index contributed by atoms with van der Waals surface area (Å²) in [6.07, 6.45) is 16.4. The Kier molecular flexibility index (Phi) is 17.2. The van der Waals surface area contributed by atoms with E-state index in [1.54, 1.807) is 0 Å². The van der Waals surface area contributed by atoms with Gasteiger partial charge in [0.05, 0.1) is 12.2 Å². The number of carbonyl (C=O) groups is 1. The summed E-state index contributed by atoms with van der Waals surface area (Å²) in [5, 5.41) is 17.2. The van der Waals surface area contributed by atoms with Crippen molar-refractivity contribution in [3.05, 3.63) is 0 Å². The predicted molar refractivity (Wildman–Crippen MR) is 89.1 cm³/mol. The predicted octanol–water partition coefficient (Wildman–Crippen LogP) is 1.41. The summed E-state index contributed by atoms with van der Waals surface area (Å²) in [6.45, 7) is 0.331. The summed E-state index contributed by atoms with van der Waals surface area (Å²) in [4.78, 5) is 10.4. The van der Waals surface area contributed by atoms with E-state index < -0.39 is 5.97 Å². The minimum absolute atomic E-state index is 0. The third-order valence-corrected chi connectivity index (χ3v) is 4.46. The molecule has 0 saturated carbocycles. The van der Waals surface area contributed by atoms with Gasteiger partial charge in [-0.3, -0.25) is 4.79 Å². The molecule has 0 aromatic rings. The van der Waals surface area contributed by atoms with E-state index in [9.17, 15) is 4.79 Å².